The minimum absolute atomic E-state index is 0. The summed E-state index contributed by atoms with van der Waals surface area (Å²) in [5.74, 6) is 0.704. The second-order valence-corrected chi connectivity index (χ2v) is 7.28. The van der Waals surface area contributed by atoms with Crippen LogP contribution in [0.25, 0.3) is 0 Å². The summed E-state index contributed by atoms with van der Waals surface area (Å²) in [6.45, 7) is 8.82. The van der Waals surface area contributed by atoms with E-state index < -0.39 is 0 Å². The van der Waals surface area contributed by atoms with E-state index in [1.54, 1.807) is 11.3 Å². The Morgan fingerprint density at radius 2 is 2.00 bits per heavy atom. The molecule has 3 N–H and O–H groups in total. The zero-order chi connectivity index (χ0) is 19.5. The Kier molecular flexibility index (Phi) is 11.7. The molecule has 1 amide bonds. The van der Waals surface area contributed by atoms with Crippen molar-refractivity contribution >= 4 is 47.2 Å². The third-order valence-corrected chi connectivity index (χ3v) is 4.99. The van der Waals surface area contributed by atoms with E-state index in [4.69, 9.17) is 0 Å². The van der Waals surface area contributed by atoms with Crippen molar-refractivity contribution in [3.63, 3.8) is 0 Å². The largest absolute Gasteiger partial charge is 0.357 e. The molecule has 2 rings (SSSR count). The number of aliphatic imine (C=N–C) groups is 1. The first-order valence-corrected chi connectivity index (χ1v) is 10.3. The molecule has 0 saturated heterocycles. The molecule has 154 valence electrons. The molecular formula is C20H30IN5OS. The van der Waals surface area contributed by atoms with E-state index in [2.05, 4.69) is 32.9 Å². The van der Waals surface area contributed by atoms with Gasteiger partial charge in [0.2, 0.25) is 0 Å². The number of amides is 1. The quantitative estimate of drug-likeness (QED) is 0.270. The SMILES string of the molecule is CCCNC(=O)c1cccc(CN=C(NCC)NCc2ncc(CC)s2)c1.I. The maximum atomic E-state index is 12.1. The van der Waals surface area contributed by atoms with Crippen LogP contribution in [0.4, 0.5) is 0 Å². The Hall–Kier alpha value is -1.68. The number of thiazole rings is 1. The Bertz CT molecular complexity index is 763. The average molecular weight is 515 g/mol. The lowest BCUT2D eigenvalue weighted by Gasteiger charge is -2.10. The van der Waals surface area contributed by atoms with Gasteiger partial charge in [0.1, 0.15) is 5.01 Å². The Morgan fingerprint density at radius 1 is 1.18 bits per heavy atom. The van der Waals surface area contributed by atoms with Crippen LogP contribution >= 0.6 is 35.3 Å². The second kappa shape index (κ2) is 13.5. The molecule has 6 nitrogen and oxygen atoms in total. The van der Waals surface area contributed by atoms with Gasteiger partial charge in [-0.3, -0.25) is 4.79 Å². The lowest BCUT2D eigenvalue weighted by molar-refractivity contribution is 0.0953. The number of guanidine groups is 1. The standard InChI is InChI=1S/C20H29N5OS.HI/c1-4-10-22-19(26)16-9-7-8-15(11-16)12-24-20(21-6-3)25-14-18-23-13-17(5-2)27-18;/h7-9,11,13H,4-6,10,12,14H2,1-3H3,(H,22,26)(H2,21,24,25);1H. The molecule has 1 aromatic carbocycles. The number of benzene rings is 1. The molecule has 1 aromatic heterocycles. The fraction of sp³-hybridized carbons (Fsp3) is 0.450. The third-order valence-electron chi connectivity index (χ3n) is 3.85. The van der Waals surface area contributed by atoms with Crippen LogP contribution in [0.15, 0.2) is 35.5 Å². The normalized spacial score (nSPS) is 10.9. The summed E-state index contributed by atoms with van der Waals surface area (Å²) in [6.07, 6.45) is 3.86. The lowest BCUT2D eigenvalue weighted by Crippen LogP contribution is -2.36. The van der Waals surface area contributed by atoms with Crippen LogP contribution in [0.2, 0.25) is 0 Å². The monoisotopic (exact) mass is 515 g/mol. The van der Waals surface area contributed by atoms with Gasteiger partial charge in [-0.1, -0.05) is 26.0 Å². The second-order valence-electron chi connectivity index (χ2n) is 6.08. The first-order chi connectivity index (χ1) is 13.2. The lowest BCUT2D eigenvalue weighted by atomic mass is 10.1. The number of nitrogens with zero attached hydrogens (tertiary/aromatic N) is 2. The molecule has 0 saturated carbocycles. The summed E-state index contributed by atoms with van der Waals surface area (Å²) in [6, 6.07) is 7.60. The van der Waals surface area contributed by atoms with E-state index in [1.807, 2.05) is 44.3 Å². The van der Waals surface area contributed by atoms with Gasteiger partial charge in [0.15, 0.2) is 5.96 Å². The average Bonchev–Trinajstić information content (AvgIpc) is 3.16. The molecular weight excluding hydrogens is 485 g/mol. The minimum atomic E-state index is -0.0387. The zero-order valence-corrected chi connectivity index (χ0v) is 19.9. The number of hydrogen-bond acceptors (Lipinski definition) is 4. The molecule has 0 atom stereocenters. The van der Waals surface area contributed by atoms with Crippen molar-refractivity contribution in [2.75, 3.05) is 13.1 Å². The first kappa shape index (κ1) is 24.4. The van der Waals surface area contributed by atoms with Crippen molar-refractivity contribution in [1.29, 1.82) is 0 Å². The van der Waals surface area contributed by atoms with Gasteiger partial charge in [-0.2, -0.15) is 0 Å². The number of carbonyl (C=O) groups excluding carboxylic acids is 1. The van der Waals surface area contributed by atoms with Crippen LogP contribution < -0.4 is 16.0 Å². The first-order valence-electron chi connectivity index (χ1n) is 9.49. The van der Waals surface area contributed by atoms with Crippen LogP contribution in [-0.2, 0) is 19.5 Å². The fourth-order valence-electron chi connectivity index (χ4n) is 2.42. The highest BCUT2D eigenvalue weighted by Gasteiger charge is 2.06. The van der Waals surface area contributed by atoms with Crippen molar-refractivity contribution in [3.8, 4) is 0 Å². The smallest absolute Gasteiger partial charge is 0.251 e. The molecule has 8 heteroatoms. The summed E-state index contributed by atoms with van der Waals surface area (Å²) in [5, 5.41) is 10.5. The molecule has 28 heavy (non-hydrogen) atoms. The molecule has 0 aliphatic carbocycles. The Morgan fingerprint density at radius 3 is 2.68 bits per heavy atom. The molecule has 0 fully saturated rings. The highest BCUT2D eigenvalue weighted by atomic mass is 127. The highest BCUT2D eigenvalue weighted by Crippen LogP contribution is 2.13. The molecule has 1 heterocycles. The van der Waals surface area contributed by atoms with E-state index in [0.717, 1.165) is 35.9 Å². The predicted octanol–water partition coefficient (Wildman–Crippen LogP) is 3.72. The number of aromatic nitrogens is 1. The Balaban J connectivity index is 0.00000392. The predicted molar refractivity (Wildman–Crippen MR) is 128 cm³/mol. The van der Waals surface area contributed by atoms with Gasteiger partial charge in [0.05, 0.1) is 13.1 Å². The molecule has 2 aromatic rings. The van der Waals surface area contributed by atoms with Gasteiger partial charge in [0.25, 0.3) is 5.91 Å². The van der Waals surface area contributed by atoms with Gasteiger partial charge in [-0.05, 0) is 37.5 Å². The van der Waals surface area contributed by atoms with Gasteiger partial charge < -0.3 is 16.0 Å². The Labute approximate surface area is 188 Å². The van der Waals surface area contributed by atoms with Crippen LogP contribution in [0.1, 0.15) is 53.0 Å². The molecule has 0 unspecified atom stereocenters. The van der Waals surface area contributed by atoms with E-state index in [1.165, 1.54) is 4.88 Å². The van der Waals surface area contributed by atoms with E-state index in [9.17, 15) is 4.79 Å². The van der Waals surface area contributed by atoms with Crippen molar-refractivity contribution in [2.45, 2.75) is 46.7 Å². The molecule has 0 radical (unpaired) electrons. The van der Waals surface area contributed by atoms with Crippen molar-refractivity contribution in [1.82, 2.24) is 20.9 Å². The van der Waals surface area contributed by atoms with E-state index in [0.29, 0.717) is 25.2 Å². The molecule has 0 bridgehead atoms. The van der Waals surface area contributed by atoms with Crippen LogP contribution in [-0.4, -0.2) is 29.9 Å². The number of halogens is 1. The minimum Gasteiger partial charge on any atom is -0.357 e. The summed E-state index contributed by atoms with van der Waals surface area (Å²) < 4.78 is 0. The topological polar surface area (TPSA) is 78.4 Å². The van der Waals surface area contributed by atoms with Crippen LogP contribution in [0.5, 0.6) is 0 Å². The summed E-state index contributed by atoms with van der Waals surface area (Å²) in [5.41, 5.74) is 1.67. The van der Waals surface area contributed by atoms with Crippen molar-refractivity contribution in [2.24, 2.45) is 4.99 Å². The number of carbonyl (C=O) groups is 1. The van der Waals surface area contributed by atoms with E-state index in [-0.39, 0.29) is 29.9 Å². The van der Waals surface area contributed by atoms with Gasteiger partial charge in [-0.15, -0.1) is 35.3 Å². The third kappa shape index (κ3) is 8.14. The number of rotatable bonds is 9. The van der Waals surface area contributed by atoms with Crippen molar-refractivity contribution in [3.05, 3.63) is 51.5 Å². The fourth-order valence-corrected chi connectivity index (χ4v) is 3.22. The number of hydrogen-bond donors (Lipinski definition) is 3. The molecule has 0 aliphatic heterocycles. The summed E-state index contributed by atoms with van der Waals surface area (Å²) in [7, 11) is 0. The maximum absolute atomic E-state index is 12.1. The van der Waals surface area contributed by atoms with Crippen LogP contribution in [0.3, 0.4) is 0 Å². The summed E-state index contributed by atoms with van der Waals surface area (Å²) in [4.78, 5) is 22.4. The van der Waals surface area contributed by atoms with Gasteiger partial charge >= 0.3 is 0 Å². The molecule has 0 spiro atoms. The van der Waals surface area contributed by atoms with Gasteiger partial charge in [0, 0.05) is 29.7 Å². The maximum Gasteiger partial charge on any atom is 0.251 e. The van der Waals surface area contributed by atoms with Gasteiger partial charge in [-0.25, -0.2) is 9.98 Å². The zero-order valence-electron chi connectivity index (χ0n) is 16.7. The highest BCUT2D eigenvalue weighted by molar-refractivity contribution is 14.0. The number of nitrogens with one attached hydrogen (secondary N) is 3. The van der Waals surface area contributed by atoms with Crippen molar-refractivity contribution < 1.29 is 4.79 Å². The van der Waals surface area contributed by atoms with Crippen LogP contribution in [0, 0.1) is 0 Å². The van der Waals surface area contributed by atoms with E-state index >= 15 is 0 Å². The molecule has 0 aliphatic rings. The number of aryl methyl sites for hydroxylation is 1. The summed E-state index contributed by atoms with van der Waals surface area (Å²) >= 11 is 1.72.